The van der Waals surface area contributed by atoms with Gasteiger partial charge in [0.1, 0.15) is 0 Å². The van der Waals surface area contributed by atoms with Crippen molar-refractivity contribution in [1.82, 2.24) is 0 Å². The second kappa shape index (κ2) is 3.79. The second-order valence-corrected chi connectivity index (χ2v) is 6.90. The van der Waals surface area contributed by atoms with E-state index in [1.807, 2.05) is 0 Å². The van der Waals surface area contributed by atoms with E-state index in [0.717, 1.165) is 35.5 Å². The summed E-state index contributed by atoms with van der Waals surface area (Å²) in [7, 11) is 0. The van der Waals surface area contributed by atoms with Gasteiger partial charge < -0.3 is 0 Å². The van der Waals surface area contributed by atoms with Gasteiger partial charge in [-0.3, -0.25) is 0 Å². The monoisotopic (exact) mass is 206 g/mol. The Balaban J connectivity index is 1.37. The maximum atomic E-state index is 2.45. The molecule has 3 aliphatic carbocycles. The Morgan fingerprint density at radius 3 is 2.07 bits per heavy atom. The summed E-state index contributed by atoms with van der Waals surface area (Å²) in [6.07, 6.45) is 10.9. The molecular formula is C15H26. The van der Waals surface area contributed by atoms with Crippen LogP contribution in [0.3, 0.4) is 0 Å². The van der Waals surface area contributed by atoms with Crippen molar-refractivity contribution in [2.45, 2.75) is 58.8 Å². The van der Waals surface area contributed by atoms with Crippen LogP contribution < -0.4 is 0 Å². The van der Waals surface area contributed by atoms with E-state index < -0.39 is 0 Å². The standard InChI is InChI=1S/C15H26/c1-10-7-12(8-10)3-4-13-5-6-14(13)15-9-11(15)2/h10-15H,3-9H2,1-2H3. The highest BCUT2D eigenvalue weighted by Crippen LogP contribution is 2.55. The summed E-state index contributed by atoms with van der Waals surface area (Å²) in [5.74, 6) is 6.73. The van der Waals surface area contributed by atoms with Crippen LogP contribution in [0.25, 0.3) is 0 Å². The molecule has 86 valence electrons. The fraction of sp³-hybridized carbons (Fsp3) is 1.00. The summed E-state index contributed by atoms with van der Waals surface area (Å²) in [4.78, 5) is 0. The molecule has 0 aromatic heterocycles. The van der Waals surface area contributed by atoms with Crippen molar-refractivity contribution < 1.29 is 0 Å². The van der Waals surface area contributed by atoms with Crippen LogP contribution in [0.5, 0.6) is 0 Å². The van der Waals surface area contributed by atoms with Gasteiger partial charge >= 0.3 is 0 Å². The number of hydrogen-bond acceptors (Lipinski definition) is 0. The Hall–Kier alpha value is 0. The highest BCUT2D eigenvalue weighted by Gasteiger charge is 2.46. The molecule has 3 saturated carbocycles. The zero-order chi connectivity index (χ0) is 10.4. The first-order chi connectivity index (χ1) is 7.24. The fourth-order valence-electron chi connectivity index (χ4n) is 4.22. The molecule has 0 heterocycles. The van der Waals surface area contributed by atoms with Crippen LogP contribution in [-0.4, -0.2) is 0 Å². The Morgan fingerprint density at radius 2 is 1.60 bits per heavy atom. The van der Waals surface area contributed by atoms with E-state index in [0.29, 0.717) is 0 Å². The third kappa shape index (κ3) is 1.97. The average molecular weight is 206 g/mol. The highest BCUT2D eigenvalue weighted by atomic mass is 14.5. The summed E-state index contributed by atoms with van der Waals surface area (Å²) in [5, 5.41) is 0. The lowest BCUT2D eigenvalue weighted by Gasteiger charge is -2.40. The highest BCUT2D eigenvalue weighted by molar-refractivity contribution is 4.96. The first kappa shape index (κ1) is 10.2. The maximum absolute atomic E-state index is 2.45. The Morgan fingerprint density at radius 1 is 0.867 bits per heavy atom. The average Bonchev–Trinajstić information content (AvgIpc) is 2.77. The zero-order valence-corrected chi connectivity index (χ0v) is 10.4. The molecule has 0 aromatic rings. The van der Waals surface area contributed by atoms with Gasteiger partial charge in [-0.25, -0.2) is 0 Å². The van der Waals surface area contributed by atoms with Crippen LogP contribution in [0.15, 0.2) is 0 Å². The van der Waals surface area contributed by atoms with Crippen LogP contribution >= 0.6 is 0 Å². The van der Waals surface area contributed by atoms with Crippen molar-refractivity contribution in [3.63, 3.8) is 0 Å². The van der Waals surface area contributed by atoms with Crippen LogP contribution in [0.1, 0.15) is 58.8 Å². The van der Waals surface area contributed by atoms with Crippen LogP contribution in [0, 0.1) is 35.5 Å². The molecule has 3 rings (SSSR count). The van der Waals surface area contributed by atoms with Crippen molar-refractivity contribution in [2.24, 2.45) is 35.5 Å². The summed E-state index contributed by atoms with van der Waals surface area (Å²) < 4.78 is 0. The minimum Gasteiger partial charge on any atom is -0.0625 e. The second-order valence-electron chi connectivity index (χ2n) is 6.90. The molecule has 0 aromatic carbocycles. The van der Waals surface area contributed by atoms with Gasteiger partial charge in [0.2, 0.25) is 0 Å². The SMILES string of the molecule is CC1CC(CCC2CCC2C2CC2C)C1. The largest absolute Gasteiger partial charge is 0.0625 e. The van der Waals surface area contributed by atoms with Crippen LogP contribution in [0.2, 0.25) is 0 Å². The molecule has 0 N–H and O–H groups in total. The summed E-state index contributed by atoms with van der Waals surface area (Å²) in [6, 6.07) is 0. The molecule has 0 amide bonds. The smallest absolute Gasteiger partial charge is 0.0355 e. The number of rotatable bonds is 4. The van der Waals surface area contributed by atoms with Gasteiger partial charge in [-0.2, -0.15) is 0 Å². The van der Waals surface area contributed by atoms with Gasteiger partial charge in [0.15, 0.2) is 0 Å². The van der Waals surface area contributed by atoms with Gasteiger partial charge in [0.05, 0.1) is 0 Å². The minimum absolute atomic E-state index is 1.05. The Kier molecular flexibility index (Phi) is 2.57. The quantitative estimate of drug-likeness (QED) is 0.635. The van der Waals surface area contributed by atoms with Crippen LogP contribution in [0.4, 0.5) is 0 Å². The summed E-state index contributed by atoms with van der Waals surface area (Å²) in [5.41, 5.74) is 0. The topological polar surface area (TPSA) is 0 Å². The number of hydrogen-bond donors (Lipinski definition) is 0. The molecule has 4 atom stereocenters. The fourth-order valence-corrected chi connectivity index (χ4v) is 4.22. The van der Waals surface area contributed by atoms with E-state index in [-0.39, 0.29) is 0 Å². The third-order valence-electron chi connectivity index (χ3n) is 5.62. The molecule has 0 bridgehead atoms. The van der Waals surface area contributed by atoms with E-state index >= 15 is 0 Å². The molecule has 0 nitrogen and oxygen atoms in total. The Labute approximate surface area is 94.8 Å². The molecule has 3 fully saturated rings. The van der Waals surface area contributed by atoms with Crippen molar-refractivity contribution in [1.29, 1.82) is 0 Å². The van der Waals surface area contributed by atoms with Crippen LogP contribution in [-0.2, 0) is 0 Å². The molecule has 3 aliphatic rings. The lowest BCUT2D eigenvalue weighted by Crippen LogP contribution is -2.30. The van der Waals surface area contributed by atoms with E-state index in [2.05, 4.69) is 13.8 Å². The third-order valence-corrected chi connectivity index (χ3v) is 5.62. The molecule has 15 heavy (non-hydrogen) atoms. The van der Waals surface area contributed by atoms with Gasteiger partial charge in [0, 0.05) is 0 Å². The lowest BCUT2D eigenvalue weighted by molar-refractivity contribution is 0.106. The zero-order valence-electron chi connectivity index (χ0n) is 10.4. The van der Waals surface area contributed by atoms with Crippen molar-refractivity contribution in [3.05, 3.63) is 0 Å². The molecule has 0 aliphatic heterocycles. The van der Waals surface area contributed by atoms with Gasteiger partial charge in [0.25, 0.3) is 0 Å². The van der Waals surface area contributed by atoms with E-state index in [4.69, 9.17) is 0 Å². The van der Waals surface area contributed by atoms with Crippen molar-refractivity contribution in [3.8, 4) is 0 Å². The first-order valence-corrected chi connectivity index (χ1v) is 7.24. The van der Waals surface area contributed by atoms with E-state index in [9.17, 15) is 0 Å². The van der Waals surface area contributed by atoms with Crippen molar-refractivity contribution in [2.75, 3.05) is 0 Å². The Bertz CT molecular complexity index is 226. The lowest BCUT2D eigenvalue weighted by atomic mass is 9.65. The summed E-state index contributed by atoms with van der Waals surface area (Å²) >= 11 is 0. The molecule has 0 heteroatoms. The maximum Gasteiger partial charge on any atom is -0.0355 e. The molecule has 0 radical (unpaired) electrons. The van der Waals surface area contributed by atoms with Gasteiger partial charge in [-0.1, -0.05) is 20.3 Å². The van der Waals surface area contributed by atoms with Gasteiger partial charge in [-0.05, 0) is 74.0 Å². The molecule has 0 spiro atoms. The summed E-state index contributed by atoms with van der Waals surface area (Å²) in [6.45, 7) is 4.86. The first-order valence-electron chi connectivity index (χ1n) is 7.24. The predicted molar refractivity (Wildman–Crippen MR) is 64.6 cm³/mol. The van der Waals surface area contributed by atoms with Crippen molar-refractivity contribution >= 4 is 0 Å². The molecule has 0 saturated heterocycles. The minimum atomic E-state index is 1.05. The normalized spacial score (nSPS) is 53.2. The predicted octanol–water partition coefficient (Wildman–Crippen LogP) is 4.49. The molecular weight excluding hydrogens is 180 g/mol. The van der Waals surface area contributed by atoms with Gasteiger partial charge in [-0.15, -0.1) is 0 Å². The van der Waals surface area contributed by atoms with E-state index in [1.165, 1.54) is 12.8 Å². The van der Waals surface area contributed by atoms with E-state index in [1.54, 1.807) is 32.1 Å². The molecule has 4 unspecified atom stereocenters.